The smallest absolute Gasteiger partial charge is 0.404 e. The number of nitriles is 1. The minimum Gasteiger partial charge on any atom is -0.404 e. The molecule has 1 aromatic heterocycles. The molecule has 5 rings (SSSR count). The maximum Gasteiger partial charge on any atom is 0.573 e. The Hall–Kier alpha value is -3.21. The van der Waals surface area contributed by atoms with Crippen LogP contribution < -0.4 is 20.7 Å². The van der Waals surface area contributed by atoms with Gasteiger partial charge in [-0.15, -0.1) is 18.3 Å². The number of hydrogen-bond donors (Lipinski definition) is 3. The van der Waals surface area contributed by atoms with Gasteiger partial charge in [0.05, 0.1) is 23.3 Å². The van der Waals surface area contributed by atoms with E-state index < -0.39 is 29.2 Å². The molecule has 2 saturated carbocycles. The molecule has 10 nitrogen and oxygen atoms in total. The molecule has 3 aliphatic rings. The molecule has 3 N–H and O–H groups in total. The summed E-state index contributed by atoms with van der Waals surface area (Å²) in [5.41, 5.74) is -2.18. The second-order valence-electron chi connectivity index (χ2n) is 10.1. The summed E-state index contributed by atoms with van der Waals surface area (Å²) in [7, 11) is 0. The number of carbonyl (C=O) groups is 2. The fraction of sp³-hybridized carbons (Fsp3) is 0.522. The zero-order chi connectivity index (χ0) is 26.5. The number of nitrogens with zero attached hydrogens (tertiary/aromatic N) is 4. The van der Waals surface area contributed by atoms with E-state index in [2.05, 4.69) is 37.0 Å². The lowest BCUT2D eigenvalue weighted by molar-refractivity contribution is -0.274. The minimum absolute atomic E-state index is 0.00512. The third-order valence-corrected chi connectivity index (χ3v) is 7.37. The average Bonchev–Trinajstić information content (AvgIpc) is 3.37. The van der Waals surface area contributed by atoms with Crippen molar-refractivity contribution in [3.63, 3.8) is 0 Å². The Morgan fingerprint density at radius 3 is 2.62 bits per heavy atom. The maximum absolute atomic E-state index is 13.1. The molecule has 0 unspecified atom stereocenters. The predicted molar refractivity (Wildman–Crippen MR) is 122 cm³/mol. The second kappa shape index (κ2) is 8.97. The van der Waals surface area contributed by atoms with Crippen molar-refractivity contribution in [2.45, 2.75) is 55.7 Å². The quantitative estimate of drug-likeness (QED) is 0.328. The highest BCUT2D eigenvalue weighted by Crippen LogP contribution is 2.50. The topological polar surface area (TPSA) is 134 Å². The monoisotopic (exact) mass is 537 g/mol. The first kappa shape index (κ1) is 25.4. The number of rotatable bonds is 9. The number of nitrogens with one attached hydrogen (secondary N) is 3. The van der Waals surface area contributed by atoms with E-state index in [9.17, 15) is 28.0 Å². The summed E-state index contributed by atoms with van der Waals surface area (Å²) in [6, 6.07) is 5.72. The number of aromatic nitrogens is 3. The summed E-state index contributed by atoms with van der Waals surface area (Å²) in [5, 5.41) is 26.6. The lowest BCUT2D eigenvalue weighted by Gasteiger charge is -2.53. The largest absolute Gasteiger partial charge is 0.573 e. The third kappa shape index (κ3) is 5.27. The molecule has 14 heteroatoms. The van der Waals surface area contributed by atoms with Crippen molar-refractivity contribution >= 4 is 23.8 Å². The van der Waals surface area contributed by atoms with Gasteiger partial charge in [-0.1, -0.05) is 17.7 Å². The van der Waals surface area contributed by atoms with Crippen molar-refractivity contribution < 1.29 is 27.5 Å². The summed E-state index contributed by atoms with van der Waals surface area (Å²) in [6.07, 6.45) is -0.615. The van der Waals surface area contributed by atoms with Crippen LogP contribution in [0.3, 0.4) is 0 Å². The Labute approximate surface area is 214 Å². The molecule has 0 radical (unpaired) electrons. The molecule has 1 aromatic carbocycles. The molecule has 2 heterocycles. The fourth-order valence-corrected chi connectivity index (χ4v) is 5.16. The molecule has 1 amide bonds. The number of alkyl halides is 3. The number of hydrogen-bond acceptors (Lipinski definition) is 8. The van der Waals surface area contributed by atoms with E-state index in [4.69, 9.17) is 11.6 Å². The van der Waals surface area contributed by atoms with Crippen molar-refractivity contribution in [2.24, 2.45) is 5.41 Å². The number of ether oxygens (including phenoxy) is 1. The van der Waals surface area contributed by atoms with Crippen LogP contribution in [0.2, 0.25) is 5.02 Å². The molecular formula is C23H23ClF3N7O3. The van der Waals surface area contributed by atoms with Gasteiger partial charge in [-0.05, 0) is 48.8 Å². The van der Waals surface area contributed by atoms with Crippen LogP contribution in [-0.2, 0) is 11.2 Å². The van der Waals surface area contributed by atoms with E-state index in [-0.39, 0.29) is 28.6 Å². The SMILES string of the molecule is N#CC1(N[C@@](C=O)(Cc2ccc(OC(F)(F)F)c(Cl)c2)NC(=O)c2cnn(C3CC4(CNC4)C3)n2)CC1. The Morgan fingerprint density at radius 2 is 2.08 bits per heavy atom. The van der Waals surface area contributed by atoms with Crippen LogP contribution in [0.4, 0.5) is 13.2 Å². The van der Waals surface area contributed by atoms with Crippen molar-refractivity contribution in [1.82, 2.24) is 30.9 Å². The minimum atomic E-state index is -4.93. The Morgan fingerprint density at radius 1 is 1.35 bits per heavy atom. The summed E-state index contributed by atoms with van der Waals surface area (Å²) in [6.45, 7) is 1.92. The molecule has 1 aliphatic heterocycles. The Kier molecular flexibility index (Phi) is 6.17. The highest BCUT2D eigenvalue weighted by molar-refractivity contribution is 6.32. The standard InChI is InChI=1S/C23H23ClF3N7O3/c24-16-5-14(1-2-18(16)37-23(25,26)27)6-22(13-35,33-21(10-28)3-4-21)31-19(36)17-9-30-34(32-17)15-7-20(8-15)11-29-12-20/h1-2,5,9,13,15,29,33H,3-4,6-8,11-12H2,(H,31,36)/t22-/m1/s1. The van der Waals surface area contributed by atoms with Crippen molar-refractivity contribution in [2.75, 3.05) is 13.1 Å². The van der Waals surface area contributed by atoms with Crippen molar-refractivity contribution in [3.05, 3.63) is 40.7 Å². The summed E-state index contributed by atoms with van der Waals surface area (Å²) in [4.78, 5) is 27.0. The molecule has 0 bridgehead atoms. The van der Waals surface area contributed by atoms with Crippen molar-refractivity contribution in [1.29, 1.82) is 5.26 Å². The van der Waals surface area contributed by atoms with Crippen LogP contribution in [-0.4, -0.2) is 57.8 Å². The first-order valence-electron chi connectivity index (χ1n) is 11.6. The van der Waals surface area contributed by atoms with Gasteiger partial charge in [0, 0.05) is 19.5 Å². The zero-order valence-electron chi connectivity index (χ0n) is 19.4. The van der Waals surface area contributed by atoms with Crippen LogP contribution >= 0.6 is 11.6 Å². The van der Waals surface area contributed by atoms with Crippen LogP contribution in [0, 0.1) is 16.7 Å². The molecular weight excluding hydrogens is 515 g/mol. The first-order valence-corrected chi connectivity index (χ1v) is 12.0. The lowest BCUT2D eigenvalue weighted by atomic mass is 9.62. The van der Waals surface area contributed by atoms with Crippen LogP contribution in [0.25, 0.3) is 0 Å². The number of halogens is 4. The number of amides is 1. The lowest BCUT2D eigenvalue weighted by Crippen LogP contribution is -2.65. The van der Waals surface area contributed by atoms with Crippen LogP contribution in [0.1, 0.15) is 47.8 Å². The van der Waals surface area contributed by atoms with Gasteiger partial charge in [-0.3, -0.25) is 14.9 Å². The van der Waals surface area contributed by atoms with Gasteiger partial charge in [0.15, 0.2) is 17.6 Å². The van der Waals surface area contributed by atoms with Gasteiger partial charge in [0.2, 0.25) is 0 Å². The van der Waals surface area contributed by atoms with Gasteiger partial charge in [-0.25, -0.2) is 0 Å². The Bertz CT molecular complexity index is 1260. The fourth-order valence-electron chi connectivity index (χ4n) is 4.91. The van der Waals surface area contributed by atoms with E-state index in [0.29, 0.717) is 24.7 Å². The van der Waals surface area contributed by atoms with Gasteiger partial charge in [0.25, 0.3) is 5.91 Å². The molecule has 2 aromatic rings. The normalized spacial score (nSPS) is 21.2. The number of aldehydes is 1. The molecule has 37 heavy (non-hydrogen) atoms. The van der Waals surface area contributed by atoms with Crippen LogP contribution in [0.15, 0.2) is 24.4 Å². The molecule has 196 valence electrons. The Balaban J connectivity index is 1.34. The van der Waals surface area contributed by atoms with Gasteiger partial charge < -0.3 is 15.4 Å². The highest BCUT2D eigenvalue weighted by atomic mass is 35.5. The van der Waals surface area contributed by atoms with E-state index in [0.717, 1.165) is 32.0 Å². The summed E-state index contributed by atoms with van der Waals surface area (Å²) in [5.74, 6) is -1.29. The molecule has 2 aliphatic carbocycles. The third-order valence-electron chi connectivity index (χ3n) is 7.07. The maximum atomic E-state index is 13.1. The van der Waals surface area contributed by atoms with Crippen LogP contribution in [0.5, 0.6) is 5.75 Å². The van der Waals surface area contributed by atoms with Gasteiger partial charge >= 0.3 is 6.36 Å². The molecule has 1 atom stereocenters. The number of benzene rings is 1. The van der Waals surface area contributed by atoms with E-state index in [1.54, 1.807) is 0 Å². The first-order chi connectivity index (χ1) is 17.5. The molecule has 1 saturated heterocycles. The van der Waals surface area contributed by atoms with Gasteiger partial charge in [0.1, 0.15) is 11.3 Å². The summed E-state index contributed by atoms with van der Waals surface area (Å²) >= 11 is 5.97. The second-order valence-corrected chi connectivity index (χ2v) is 10.5. The summed E-state index contributed by atoms with van der Waals surface area (Å²) < 4.78 is 41.7. The van der Waals surface area contributed by atoms with Gasteiger partial charge in [-0.2, -0.15) is 15.2 Å². The predicted octanol–water partition coefficient (Wildman–Crippen LogP) is 2.27. The molecule has 1 spiro atoms. The van der Waals surface area contributed by atoms with E-state index >= 15 is 0 Å². The number of carbonyl (C=O) groups excluding carboxylic acids is 2. The average molecular weight is 538 g/mol. The molecule has 3 fully saturated rings. The highest BCUT2D eigenvalue weighted by Gasteiger charge is 2.51. The van der Waals surface area contributed by atoms with E-state index in [1.165, 1.54) is 23.1 Å². The zero-order valence-corrected chi connectivity index (χ0v) is 20.2. The van der Waals surface area contributed by atoms with Crippen molar-refractivity contribution in [3.8, 4) is 11.8 Å². The van der Waals surface area contributed by atoms with E-state index in [1.807, 2.05) is 0 Å².